The lowest BCUT2D eigenvalue weighted by molar-refractivity contribution is 0.372. The molecule has 7 nitrogen and oxygen atoms in total. The number of para-hydroxylation sites is 1. The van der Waals surface area contributed by atoms with Gasteiger partial charge in [0.2, 0.25) is 11.2 Å². The van der Waals surface area contributed by atoms with E-state index in [2.05, 4.69) is 0 Å². The van der Waals surface area contributed by atoms with Crippen LogP contribution >= 0.6 is 0 Å². The van der Waals surface area contributed by atoms with E-state index in [1.807, 2.05) is 0 Å². The van der Waals surface area contributed by atoms with Gasteiger partial charge in [-0.25, -0.2) is 0 Å². The van der Waals surface area contributed by atoms with Gasteiger partial charge in [0.25, 0.3) is 0 Å². The zero-order valence-corrected chi connectivity index (χ0v) is 11.9. The second-order valence-electron chi connectivity index (χ2n) is 4.81. The number of benzene rings is 2. The molecule has 0 unspecified atom stereocenters. The Morgan fingerprint density at radius 3 is 2.48 bits per heavy atom. The zero-order chi connectivity index (χ0) is 16.7. The molecule has 1 aromatic heterocycles. The van der Waals surface area contributed by atoms with Gasteiger partial charge in [0, 0.05) is 6.07 Å². The fourth-order valence-corrected chi connectivity index (χ4v) is 2.36. The quantitative estimate of drug-likeness (QED) is 0.572. The van der Waals surface area contributed by atoms with Crippen LogP contribution in [0.25, 0.3) is 22.3 Å². The number of ether oxygens (including phenoxy) is 1. The molecule has 0 saturated carbocycles. The Bertz CT molecular complexity index is 972. The van der Waals surface area contributed by atoms with Crippen molar-refractivity contribution in [2.45, 2.75) is 0 Å². The third-order valence-electron chi connectivity index (χ3n) is 3.38. The largest absolute Gasteiger partial charge is 0.508 e. The Balaban J connectivity index is 2.43. The van der Waals surface area contributed by atoms with Crippen LogP contribution in [0.4, 0.5) is 0 Å². The Hall–Kier alpha value is -3.35. The van der Waals surface area contributed by atoms with Crippen molar-refractivity contribution in [1.29, 1.82) is 0 Å². The molecule has 7 heteroatoms. The Morgan fingerprint density at radius 2 is 1.78 bits per heavy atom. The van der Waals surface area contributed by atoms with E-state index in [1.165, 1.54) is 25.3 Å². The van der Waals surface area contributed by atoms with Gasteiger partial charge in [-0.1, -0.05) is 6.07 Å². The summed E-state index contributed by atoms with van der Waals surface area (Å²) >= 11 is 0. The molecule has 0 aliphatic rings. The lowest BCUT2D eigenvalue weighted by atomic mass is 10.1. The van der Waals surface area contributed by atoms with Gasteiger partial charge in [-0.3, -0.25) is 4.79 Å². The topological polar surface area (TPSA) is 120 Å². The number of hydrogen-bond donors (Lipinski definition) is 4. The van der Waals surface area contributed by atoms with Crippen molar-refractivity contribution in [2.75, 3.05) is 7.11 Å². The van der Waals surface area contributed by atoms with Crippen molar-refractivity contribution in [2.24, 2.45) is 0 Å². The summed E-state index contributed by atoms with van der Waals surface area (Å²) in [5.74, 6) is -2.00. The molecule has 0 saturated heterocycles. The SMILES string of the molecule is COc1c(O)cccc1-c1oc2c(O)cc(O)cc2c(=O)c1O. The van der Waals surface area contributed by atoms with Gasteiger partial charge in [0.15, 0.2) is 28.6 Å². The number of phenolic OH excluding ortho intramolecular Hbond substituents is 3. The summed E-state index contributed by atoms with van der Waals surface area (Å²) in [5.41, 5.74) is -0.902. The lowest BCUT2D eigenvalue weighted by Gasteiger charge is -2.11. The van der Waals surface area contributed by atoms with Gasteiger partial charge in [0.1, 0.15) is 5.75 Å². The number of aromatic hydroxyl groups is 4. The highest BCUT2D eigenvalue weighted by molar-refractivity contribution is 5.88. The average Bonchev–Trinajstić information content (AvgIpc) is 2.51. The van der Waals surface area contributed by atoms with E-state index in [9.17, 15) is 25.2 Å². The zero-order valence-electron chi connectivity index (χ0n) is 11.9. The van der Waals surface area contributed by atoms with Crippen LogP contribution in [0.3, 0.4) is 0 Å². The van der Waals surface area contributed by atoms with Crippen molar-refractivity contribution in [1.82, 2.24) is 0 Å². The molecule has 2 aromatic carbocycles. The van der Waals surface area contributed by atoms with Gasteiger partial charge in [0.05, 0.1) is 18.1 Å². The maximum absolute atomic E-state index is 12.3. The van der Waals surface area contributed by atoms with Crippen molar-refractivity contribution in [3.63, 3.8) is 0 Å². The predicted octanol–water partition coefficient (Wildman–Crippen LogP) is 2.29. The molecule has 0 atom stereocenters. The molecule has 0 fully saturated rings. The average molecular weight is 316 g/mol. The molecule has 3 rings (SSSR count). The Morgan fingerprint density at radius 1 is 1.04 bits per heavy atom. The smallest absolute Gasteiger partial charge is 0.235 e. The summed E-state index contributed by atoms with van der Waals surface area (Å²) in [7, 11) is 1.31. The summed E-state index contributed by atoms with van der Waals surface area (Å²) in [4.78, 5) is 12.3. The van der Waals surface area contributed by atoms with E-state index in [0.29, 0.717) is 0 Å². The molecule has 118 valence electrons. The Kier molecular flexibility index (Phi) is 3.25. The first kappa shape index (κ1) is 14.6. The minimum Gasteiger partial charge on any atom is -0.508 e. The fraction of sp³-hybridized carbons (Fsp3) is 0.0625. The fourth-order valence-electron chi connectivity index (χ4n) is 2.36. The van der Waals surface area contributed by atoms with Crippen molar-refractivity contribution in [3.05, 3.63) is 40.6 Å². The Labute approximate surface area is 129 Å². The minimum absolute atomic E-state index is 0.00330. The second-order valence-corrected chi connectivity index (χ2v) is 4.81. The first-order chi connectivity index (χ1) is 10.9. The van der Waals surface area contributed by atoms with E-state index in [1.54, 1.807) is 0 Å². The number of hydrogen-bond acceptors (Lipinski definition) is 7. The van der Waals surface area contributed by atoms with Crippen LogP contribution in [-0.4, -0.2) is 27.5 Å². The molecule has 0 aliphatic carbocycles. The lowest BCUT2D eigenvalue weighted by Crippen LogP contribution is -2.03. The van der Waals surface area contributed by atoms with E-state index >= 15 is 0 Å². The first-order valence-corrected chi connectivity index (χ1v) is 6.52. The molecule has 0 amide bonds. The van der Waals surface area contributed by atoms with Crippen molar-refractivity contribution >= 4 is 11.0 Å². The maximum Gasteiger partial charge on any atom is 0.235 e. The van der Waals surface area contributed by atoms with Crippen molar-refractivity contribution in [3.8, 4) is 40.1 Å². The van der Waals surface area contributed by atoms with E-state index in [4.69, 9.17) is 9.15 Å². The van der Waals surface area contributed by atoms with Crippen LogP contribution in [0.1, 0.15) is 0 Å². The molecule has 0 spiro atoms. The summed E-state index contributed by atoms with van der Waals surface area (Å²) in [6, 6.07) is 6.40. The molecule has 1 heterocycles. The first-order valence-electron chi connectivity index (χ1n) is 6.52. The van der Waals surface area contributed by atoms with Gasteiger partial charge in [-0.2, -0.15) is 0 Å². The molecule has 0 bridgehead atoms. The van der Waals surface area contributed by atoms with Crippen LogP contribution in [0, 0.1) is 0 Å². The standard InChI is InChI=1S/C16H12O7/c1-22-14-8(3-2-4-10(14)18)16-13(21)12(20)9-5-7(17)6-11(19)15(9)23-16/h2-6,17-19,21H,1H3. The van der Waals surface area contributed by atoms with E-state index in [-0.39, 0.29) is 39.5 Å². The molecular weight excluding hydrogens is 304 g/mol. The second kappa shape index (κ2) is 5.13. The third kappa shape index (κ3) is 2.18. The number of fused-ring (bicyclic) bond motifs is 1. The third-order valence-corrected chi connectivity index (χ3v) is 3.38. The number of rotatable bonds is 2. The van der Waals surface area contributed by atoms with E-state index in [0.717, 1.165) is 12.1 Å². The molecular formula is C16H12O7. The maximum atomic E-state index is 12.3. The number of methoxy groups -OCH3 is 1. The van der Waals surface area contributed by atoms with Crippen molar-refractivity contribution < 1.29 is 29.6 Å². The molecule has 4 N–H and O–H groups in total. The summed E-state index contributed by atoms with van der Waals surface area (Å²) in [6.45, 7) is 0. The van der Waals surface area contributed by atoms with Gasteiger partial charge >= 0.3 is 0 Å². The molecule has 0 radical (unpaired) electrons. The van der Waals surface area contributed by atoms with Gasteiger partial charge in [-0.15, -0.1) is 0 Å². The normalized spacial score (nSPS) is 10.8. The van der Waals surface area contributed by atoms with Crippen LogP contribution in [0.15, 0.2) is 39.5 Å². The summed E-state index contributed by atoms with van der Waals surface area (Å²) in [6.07, 6.45) is 0. The predicted molar refractivity (Wildman–Crippen MR) is 81.1 cm³/mol. The van der Waals surface area contributed by atoms with Gasteiger partial charge < -0.3 is 29.6 Å². The highest BCUT2D eigenvalue weighted by atomic mass is 16.5. The summed E-state index contributed by atoms with van der Waals surface area (Å²) < 4.78 is 10.5. The van der Waals surface area contributed by atoms with Crippen LogP contribution in [-0.2, 0) is 0 Å². The number of phenols is 3. The molecule has 3 aromatic rings. The minimum atomic E-state index is -0.835. The van der Waals surface area contributed by atoms with E-state index < -0.39 is 16.9 Å². The monoisotopic (exact) mass is 316 g/mol. The summed E-state index contributed by atoms with van der Waals surface area (Å²) in [5, 5.41) is 39.1. The highest BCUT2D eigenvalue weighted by Gasteiger charge is 2.22. The van der Waals surface area contributed by atoms with Crippen LogP contribution < -0.4 is 10.2 Å². The molecule has 23 heavy (non-hydrogen) atoms. The van der Waals surface area contributed by atoms with Gasteiger partial charge in [-0.05, 0) is 18.2 Å². The highest BCUT2D eigenvalue weighted by Crippen LogP contribution is 2.42. The van der Waals surface area contributed by atoms with Crippen LogP contribution in [0.2, 0.25) is 0 Å². The van der Waals surface area contributed by atoms with Crippen LogP contribution in [0.5, 0.6) is 28.7 Å². The molecule has 0 aliphatic heterocycles.